The Morgan fingerprint density at radius 1 is 1.35 bits per heavy atom. The Bertz CT molecular complexity index is 492. The van der Waals surface area contributed by atoms with Crippen LogP contribution in [0.2, 0.25) is 0 Å². The van der Waals surface area contributed by atoms with E-state index in [9.17, 15) is 16.8 Å². The zero-order chi connectivity index (χ0) is 12.9. The highest BCUT2D eigenvalue weighted by Gasteiger charge is 2.32. The molecule has 17 heavy (non-hydrogen) atoms. The third-order valence-corrected chi connectivity index (χ3v) is 6.19. The molecule has 0 bridgehead atoms. The predicted octanol–water partition coefficient (Wildman–Crippen LogP) is -0.207. The number of rotatable bonds is 5. The van der Waals surface area contributed by atoms with E-state index in [0.717, 1.165) is 0 Å². The van der Waals surface area contributed by atoms with E-state index < -0.39 is 25.1 Å². The summed E-state index contributed by atoms with van der Waals surface area (Å²) in [5.74, 6) is -0.177. The molecule has 0 aliphatic carbocycles. The third-order valence-electron chi connectivity index (χ3n) is 2.52. The van der Waals surface area contributed by atoms with E-state index in [0.29, 0.717) is 0 Å². The largest absolute Gasteiger partial charge is 0.229 e. The van der Waals surface area contributed by atoms with Gasteiger partial charge in [0.05, 0.1) is 16.8 Å². The molecule has 0 radical (unpaired) electrons. The van der Waals surface area contributed by atoms with E-state index in [-0.39, 0.29) is 37.4 Å². The lowest BCUT2D eigenvalue weighted by atomic mass is 10.2. The summed E-state index contributed by atoms with van der Waals surface area (Å²) in [6.45, 7) is 0.0798. The van der Waals surface area contributed by atoms with Crippen molar-refractivity contribution in [3.63, 3.8) is 0 Å². The fourth-order valence-corrected chi connectivity index (χ4v) is 4.84. The van der Waals surface area contributed by atoms with Crippen molar-refractivity contribution >= 4 is 19.9 Å². The molecule has 1 rings (SSSR count). The predicted molar refractivity (Wildman–Crippen MR) is 62.6 cm³/mol. The number of nitrogens with zero attached hydrogens (tertiary/aromatic N) is 3. The first-order chi connectivity index (χ1) is 7.87. The second kappa shape index (κ2) is 5.67. The molecule has 10 heteroatoms. The first kappa shape index (κ1) is 14.2. The van der Waals surface area contributed by atoms with E-state index in [4.69, 9.17) is 5.53 Å². The monoisotopic (exact) mass is 282 g/mol. The van der Waals surface area contributed by atoms with Gasteiger partial charge in [-0.15, -0.1) is 0 Å². The molecule has 98 valence electrons. The van der Waals surface area contributed by atoms with Gasteiger partial charge in [-0.2, -0.15) is 0 Å². The van der Waals surface area contributed by atoms with E-state index in [1.165, 1.54) is 0 Å². The van der Waals surface area contributed by atoms with Crippen molar-refractivity contribution in [2.75, 3.05) is 24.6 Å². The number of sulfone groups is 1. The van der Waals surface area contributed by atoms with Gasteiger partial charge in [0.2, 0.25) is 10.0 Å². The zero-order valence-corrected chi connectivity index (χ0v) is 10.7. The summed E-state index contributed by atoms with van der Waals surface area (Å²) < 4.78 is 48.0. The Labute approximate surface area is 100.0 Å². The van der Waals surface area contributed by atoms with Gasteiger partial charge in [0.15, 0.2) is 0 Å². The van der Waals surface area contributed by atoms with Crippen LogP contribution in [-0.4, -0.2) is 46.7 Å². The topological polar surface area (TPSA) is 129 Å². The van der Waals surface area contributed by atoms with E-state index in [1.54, 1.807) is 0 Å². The number of hydrogen-bond acceptors (Lipinski definition) is 5. The minimum absolute atomic E-state index is 0.0373. The summed E-state index contributed by atoms with van der Waals surface area (Å²) in [4.78, 5) is 2.50. The molecule has 0 aromatic rings. The third kappa shape index (κ3) is 4.50. The molecule has 8 nitrogen and oxygen atoms in total. The van der Waals surface area contributed by atoms with Gasteiger partial charge in [-0.3, -0.25) is 0 Å². The highest BCUT2D eigenvalue weighted by atomic mass is 32.2. The van der Waals surface area contributed by atoms with Gasteiger partial charge in [0.25, 0.3) is 0 Å². The summed E-state index contributed by atoms with van der Waals surface area (Å²) in [6.07, 6.45) is 0.248. The lowest BCUT2D eigenvalue weighted by Gasteiger charge is -2.22. The van der Waals surface area contributed by atoms with Gasteiger partial charge in [0, 0.05) is 18.0 Å². The van der Waals surface area contributed by atoms with Crippen LogP contribution in [0.25, 0.3) is 10.4 Å². The smallest absolute Gasteiger partial charge is 0.214 e. The summed E-state index contributed by atoms with van der Waals surface area (Å²) in [5, 5.41) is 2.53. The van der Waals surface area contributed by atoms with Crippen LogP contribution >= 0.6 is 0 Å². The molecule has 1 aliphatic rings. The van der Waals surface area contributed by atoms with Crippen molar-refractivity contribution in [1.29, 1.82) is 0 Å². The van der Waals surface area contributed by atoms with Crippen molar-refractivity contribution in [3.05, 3.63) is 10.4 Å². The number of azide groups is 1. The van der Waals surface area contributed by atoms with E-state index in [2.05, 4.69) is 14.7 Å². The molecular weight excluding hydrogens is 268 g/mol. The van der Waals surface area contributed by atoms with Gasteiger partial charge in [-0.25, -0.2) is 21.6 Å². The van der Waals surface area contributed by atoms with Gasteiger partial charge < -0.3 is 0 Å². The van der Waals surface area contributed by atoms with Crippen LogP contribution in [0.3, 0.4) is 0 Å². The molecule has 1 heterocycles. The van der Waals surface area contributed by atoms with Crippen LogP contribution in [0.1, 0.15) is 12.8 Å². The molecule has 1 N–H and O–H groups in total. The highest BCUT2D eigenvalue weighted by molar-refractivity contribution is 7.92. The van der Waals surface area contributed by atoms with Crippen LogP contribution in [-0.2, 0) is 19.9 Å². The average molecular weight is 282 g/mol. The first-order valence-corrected chi connectivity index (χ1v) is 8.44. The fourth-order valence-electron chi connectivity index (χ4n) is 1.58. The van der Waals surface area contributed by atoms with Crippen molar-refractivity contribution in [2.45, 2.75) is 18.1 Å². The Kier molecular flexibility index (Phi) is 4.75. The van der Waals surface area contributed by atoms with Crippen molar-refractivity contribution in [1.82, 2.24) is 4.72 Å². The molecule has 0 aromatic carbocycles. The quantitative estimate of drug-likeness (QED) is 0.324. The number of hydrogen-bond donors (Lipinski definition) is 1. The average Bonchev–Trinajstić information content (AvgIpc) is 2.24. The van der Waals surface area contributed by atoms with Gasteiger partial charge in [-0.1, -0.05) is 5.11 Å². The van der Waals surface area contributed by atoms with E-state index in [1.807, 2.05) is 0 Å². The minimum Gasteiger partial charge on any atom is -0.229 e. The normalized spacial score (nSPS) is 20.7. The van der Waals surface area contributed by atoms with Crippen molar-refractivity contribution in [3.8, 4) is 0 Å². The second-order valence-electron chi connectivity index (χ2n) is 3.74. The molecule has 1 saturated heterocycles. The molecule has 0 atom stereocenters. The maximum absolute atomic E-state index is 11.7. The number of nitrogens with one attached hydrogen (secondary N) is 1. The molecule has 0 unspecified atom stereocenters. The summed E-state index contributed by atoms with van der Waals surface area (Å²) in [5.41, 5.74) is 8.02. The summed E-state index contributed by atoms with van der Waals surface area (Å²) >= 11 is 0. The van der Waals surface area contributed by atoms with Crippen LogP contribution in [0, 0.1) is 0 Å². The van der Waals surface area contributed by atoms with Crippen molar-refractivity contribution in [2.24, 2.45) is 5.11 Å². The lowest BCUT2D eigenvalue weighted by Crippen LogP contribution is -2.40. The van der Waals surface area contributed by atoms with E-state index >= 15 is 0 Å². The van der Waals surface area contributed by atoms with Gasteiger partial charge in [-0.05, 0) is 18.4 Å². The fraction of sp³-hybridized carbons (Fsp3) is 1.00. The minimum atomic E-state index is -3.51. The summed E-state index contributed by atoms with van der Waals surface area (Å²) in [6, 6.07) is 0. The van der Waals surface area contributed by atoms with Crippen LogP contribution in [0.5, 0.6) is 0 Å². The highest BCUT2D eigenvalue weighted by Crippen LogP contribution is 2.18. The Morgan fingerprint density at radius 3 is 2.47 bits per heavy atom. The maximum Gasteiger partial charge on any atom is 0.214 e. The lowest BCUT2D eigenvalue weighted by molar-refractivity contribution is 0.543. The van der Waals surface area contributed by atoms with Crippen LogP contribution in [0.4, 0.5) is 0 Å². The van der Waals surface area contributed by atoms with Crippen LogP contribution in [0.15, 0.2) is 5.11 Å². The molecule has 0 spiro atoms. The standard InChI is InChI=1S/C7H14N4O4S2/c8-11-9-3-4-10-17(14,15)7-1-5-16(12,13)6-2-7/h7,10H,1-6H2. The molecule has 0 saturated carbocycles. The van der Waals surface area contributed by atoms with Gasteiger partial charge in [0.1, 0.15) is 9.84 Å². The first-order valence-electron chi connectivity index (χ1n) is 5.07. The SMILES string of the molecule is [N-]=[N+]=NCCNS(=O)(=O)C1CCS(=O)(=O)CC1. The molecule has 0 aromatic heterocycles. The number of sulfonamides is 1. The Morgan fingerprint density at radius 2 is 1.94 bits per heavy atom. The molecule has 0 amide bonds. The maximum atomic E-state index is 11.7. The zero-order valence-electron chi connectivity index (χ0n) is 9.11. The molecular formula is C7H14N4O4S2. The molecule has 1 fully saturated rings. The Balaban J connectivity index is 2.51. The Hall–Kier alpha value is -0.830. The van der Waals surface area contributed by atoms with Crippen LogP contribution < -0.4 is 4.72 Å². The second-order valence-corrected chi connectivity index (χ2v) is 8.09. The van der Waals surface area contributed by atoms with Crippen molar-refractivity contribution < 1.29 is 16.8 Å². The molecule has 1 aliphatic heterocycles. The summed E-state index contributed by atoms with van der Waals surface area (Å²) in [7, 11) is -6.58. The van der Waals surface area contributed by atoms with Gasteiger partial charge >= 0.3 is 0 Å².